The van der Waals surface area contributed by atoms with Crippen LogP contribution < -0.4 is 14.8 Å². The van der Waals surface area contributed by atoms with Crippen LogP contribution in [0.15, 0.2) is 53.9 Å². The number of para-hydroxylation sites is 2. The van der Waals surface area contributed by atoms with Crippen LogP contribution in [-0.2, 0) is 27.4 Å². The van der Waals surface area contributed by atoms with E-state index in [2.05, 4.69) is 10.3 Å². The number of benzene rings is 2. The lowest BCUT2D eigenvalue weighted by Crippen LogP contribution is -2.44. The van der Waals surface area contributed by atoms with Gasteiger partial charge >= 0.3 is 5.97 Å². The van der Waals surface area contributed by atoms with Crippen molar-refractivity contribution in [1.82, 2.24) is 4.98 Å². The number of aromatic nitrogens is 1. The number of carbonyl (C=O) groups is 2. The largest absolute Gasteiger partial charge is 0.482 e. The molecule has 8 heteroatoms. The van der Waals surface area contributed by atoms with Crippen LogP contribution in [0.3, 0.4) is 0 Å². The Hall–Kier alpha value is -3.39. The Kier molecular flexibility index (Phi) is 6.18. The molecule has 0 fully saturated rings. The van der Waals surface area contributed by atoms with E-state index in [-0.39, 0.29) is 18.9 Å². The van der Waals surface area contributed by atoms with E-state index in [1.165, 1.54) is 11.3 Å². The smallest absolute Gasteiger partial charge is 0.351 e. The Morgan fingerprint density at radius 2 is 1.81 bits per heavy atom. The molecule has 3 aromatic rings. The highest BCUT2D eigenvalue weighted by atomic mass is 32.1. The minimum absolute atomic E-state index is 0.00312. The van der Waals surface area contributed by atoms with Crippen LogP contribution in [0.5, 0.6) is 11.5 Å². The van der Waals surface area contributed by atoms with Gasteiger partial charge in [-0.15, -0.1) is 11.3 Å². The quantitative estimate of drug-likeness (QED) is 0.588. The zero-order chi connectivity index (χ0) is 21.8. The van der Waals surface area contributed by atoms with Gasteiger partial charge in [0.15, 0.2) is 11.5 Å². The molecule has 31 heavy (non-hydrogen) atoms. The van der Waals surface area contributed by atoms with Crippen LogP contribution in [0.25, 0.3) is 0 Å². The molecule has 1 amide bonds. The van der Waals surface area contributed by atoms with Gasteiger partial charge in [0, 0.05) is 11.1 Å². The van der Waals surface area contributed by atoms with Gasteiger partial charge in [-0.3, -0.25) is 4.79 Å². The second-order valence-electron chi connectivity index (χ2n) is 7.24. The predicted octanol–water partition coefficient (Wildman–Crippen LogP) is 3.90. The van der Waals surface area contributed by atoms with Crippen molar-refractivity contribution in [3.63, 3.8) is 0 Å². The number of aryl methyl sites for hydroxylation is 1. The number of fused-ring (bicyclic) bond motifs is 1. The van der Waals surface area contributed by atoms with Gasteiger partial charge in [0.25, 0.3) is 0 Å². The number of anilines is 1. The van der Waals surface area contributed by atoms with Crippen LogP contribution in [-0.4, -0.2) is 29.1 Å². The fourth-order valence-electron chi connectivity index (χ4n) is 3.08. The summed E-state index contributed by atoms with van der Waals surface area (Å²) in [5, 5.41) is 5.27. The van der Waals surface area contributed by atoms with Crippen molar-refractivity contribution < 1.29 is 23.8 Å². The summed E-state index contributed by atoms with van der Waals surface area (Å²) in [5.74, 6) is 0.445. The van der Waals surface area contributed by atoms with Gasteiger partial charge in [-0.25, -0.2) is 9.78 Å². The first-order valence-corrected chi connectivity index (χ1v) is 10.7. The topological polar surface area (TPSA) is 86.8 Å². The SMILES string of the molecule is Cc1ccc(NC(=O)Cc2nc(COC(=O)C3Oc4ccccc4OC3C)cs2)cc1. The summed E-state index contributed by atoms with van der Waals surface area (Å²) < 4.78 is 16.9. The minimum atomic E-state index is -0.853. The second-order valence-corrected chi connectivity index (χ2v) is 8.18. The van der Waals surface area contributed by atoms with Crippen molar-refractivity contribution in [1.29, 1.82) is 0 Å². The van der Waals surface area contributed by atoms with E-state index in [1.807, 2.05) is 43.3 Å². The molecule has 2 aromatic carbocycles. The molecule has 0 bridgehead atoms. The second kappa shape index (κ2) is 9.18. The average Bonchev–Trinajstić information content (AvgIpc) is 3.20. The third-order valence-electron chi connectivity index (χ3n) is 4.68. The molecule has 0 saturated heterocycles. The summed E-state index contributed by atoms with van der Waals surface area (Å²) >= 11 is 1.35. The highest BCUT2D eigenvalue weighted by molar-refractivity contribution is 7.09. The molecule has 0 radical (unpaired) electrons. The molecule has 1 aromatic heterocycles. The van der Waals surface area contributed by atoms with Crippen LogP contribution in [0.4, 0.5) is 5.69 Å². The number of rotatable bonds is 6. The Bertz CT molecular complexity index is 1080. The van der Waals surface area contributed by atoms with E-state index >= 15 is 0 Å². The molecule has 0 saturated carbocycles. The number of carbonyl (C=O) groups excluding carboxylic acids is 2. The third-order valence-corrected chi connectivity index (χ3v) is 5.58. The highest BCUT2D eigenvalue weighted by Crippen LogP contribution is 2.33. The normalized spacial score (nSPS) is 17.1. The van der Waals surface area contributed by atoms with Gasteiger partial charge in [-0.05, 0) is 38.1 Å². The van der Waals surface area contributed by atoms with Crippen LogP contribution >= 0.6 is 11.3 Å². The van der Waals surface area contributed by atoms with E-state index in [0.717, 1.165) is 11.3 Å². The van der Waals surface area contributed by atoms with Crippen molar-refractivity contribution >= 4 is 28.9 Å². The minimum Gasteiger partial charge on any atom is -0.482 e. The molecular formula is C23H22N2O5S. The lowest BCUT2D eigenvalue weighted by Gasteiger charge is -2.30. The first-order chi connectivity index (χ1) is 15.0. The summed E-state index contributed by atoms with van der Waals surface area (Å²) in [6.07, 6.45) is -1.17. The molecule has 2 unspecified atom stereocenters. The van der Waals surface area contributed by atoms with E-state index in [0.29, 0.717) is 22.2 Å². The van der Waals surface area contributed by atoms with Gasteiger partial charge in [0.1, 0.15) is 17.7 Å². The summed E-state index contributed by atoms with van der Waals surface area (Å²) in [6, 6.07) is 14.8. The molecule has 0 aliphatic carbocycles. The molecular weight excluding hydrogens is 416 g/mol. The van der Waals surface area contributed by atoms with Gasteiger partial charge in [-0.1, -0.05) is 29.8 Å². The number of thiazole rings is 1. The predicted molar refractivity (Wildman–Crippen MR) is 116 cm³/mol. The zero-order valence-corrected chi connectivity index (χ0v) is 18.0. The maximum Gasteiger partial charge on any atom is 0.351 e. The standard InChI is InChI=1S/C23H22N2O5S/c1-14-7-9-16(10-8-14)24-20(26)11-21-25-17(13-31-21)12-28-23(27)22-15(2)29-18-5-3-4-6-19(18)30-22/h3-10,13,15,22H,11-12H2,1-2H3,(H,24,26). The Balaban J connectivity index is 1.28. The van der Waals surface area contributed by atoms with E-state index < -0.39 is 18.2 Å². The van der Waals surface area contributed by atoms with Gasteiger partial charge in [0.05, 0.1) is 12.1 Å². The Morgan fingerprint density at radius 3 is 2.55 bits per heavy atom. The fourth-order valence-corrected chi connectivity index (χ4v) is 3.86. The summed E-state index contributed by atoms with van der Waals surface area (Å²) in [6.45, 7) is 3.75. The number of hydrogen-bond acceptors (Lipinski definition) is 7. The maximum atomic E-state index is 12.5. The number of esters is 1. The lowest BCUT2D eigenvalue weighted by molar-refractivity contribution is -0.159. The van der Waals surface area contributed by atoms with Crippen molar-refractivity contribution in [3.8, 4) is 11.5 Å². The summed E-state index contributed by atoms with van der Waals surface area (Å²) in [7, 11) is 0. The molecule has 0 spiro atoms. The highest BCUT2D eigenvalue weighted by Gasteiger charge is 2.35. The molecule has 1 aliphatic rings. The van der Waals surface area contributed by atoms with Crippen LogP contribution in [0.2, 0.25) is 0 Å². The number of amides is 1. The van der Waals surface area contributed by atoms with E-state index in [1.54, 1.807) is 24.4 Å². The first kappa shape index (κ1) is 20.9. The van der Waals surface area contributed by atoms with Crippen LogP contribution in [0.1, 0.15) is 23.2 Å². The third kappa shape index (κ3) is 5.21. The average molecular weight is 439 g/mol. The molecule has 1 N–H and O–H groups in total. The van der Waals surface area contributed by atoms with Crippen molar-refractivity contribution in [3.05, 3.63) is 70.2 Å². The monoisotopic (exact) mass is 438 g/mol. The zero-order valence-electron chi connectivity index (χ0n) is 17.2. The Labute approximate surface area is 184 Å². The Morgan fingerprint density at radius 1 is 1.10 bits per heavy atom. The fraction of sp³-hybridized carbons (Fsp3) is 0.261. The van der Waals surface area contributed by atoms with Crippen molar-refractivity contribution in [2.45, 2.75) is 39.1 Å². The van der Waals surface area contributed by atoms with Crippen LogP contribution in [0, 0.1) is 6.92 Å². The number of nitrogens with one attached hydrogen (secondary N) is 1. The number of hydrogen-bond donors (Lipinski definition) is 1. The number of ether oxygens (including phenoxy) is 3. The van der Waals surface area contributed by atoms with Gasteiger partial charge < -0.3 is 19.5 Å². The van der Waals surface area contributed by atoms with Crippen molar-refractivity contribution in [2.75, 3.05) is 5.32 Å². The lowest BCUT2D eigenvalue weighted by atomic mass is 10.2. The van der Waals surface area contributed by atoms with Gasteiger partial charge in [0.2, 0.25) is 12.0 Å². The number of nitrogens with zero attached hydrogens (tertiary/aromatic N) is 1. The molecule has 160 valence electrons. The molecule has 4 rings (SSSR count). The molecule has 2 heterocycles. The van der Waals surface area contributed by atoms with Gasteiger partial charge in [-0.2, -0.15) is 0 Å². The summed E-state index contributed by atoms with van der Waals surface area (Å²) in [5.41, 5.74) is 2.45. The molecule has 2 atom stereocenters. The van der Waals surface area contributed by atoms with E-state index in [9.17, 15) is 9.59 Å². The maximum absolute atomic E-state index is 12.5. The molecule has 1 aliphatic heterocycles. The van der Waals surface area contributed by atoms with Crippen molar-refractivity contribution in [2.24, 2.45) is 0 Å². The van der Waals surface area contributed by atoms with E-state index in [4.69, 9.17) is 14.2 Å². The summed E-state index contributed by atoms with van der Waals surface area (Å²) in [4.78, 5) is 29.1. The first-order valence-electron chi connectivity index (χ1n) is 9.87. The molecule has 7 nitrogen and oxygen atoms in total.